The highest BCUT2D eigenvalue weighted by molar-refractivity contribution is 5.90. The summed E-state index contributed by atoms with van der Waals surface area (Å²) >= 11 is 0. The molecule has 0 spiro atoms. The van der Waals surface area contributed by atoms with E-state index in [1.807, 2.05) is 0 Å². The van der Waals surface area contributed by atoms with Gasteiger partial charge in [0.25, 0.3) is 0 Å². The third kappa shape index (κ3) is 4.15. The molecule has 0 saturated carbocycles. The van der Waals surface area contributed by atoms with Crippen molar-refractivity contribution in [3.8, 4) is 0 Å². The van der Waals surface area contributed by atoms with E-state index in [1.54, 1.807) is 0 Å². The molecule has 1 unspecified atom stereocenters. The Bertz CT molecular complexity index is 771. The van der Waals surface area contributed by atoms with Crippen LogP contribution in [0.5, 0.6) is 0 Å². The molecular formula is C18H28O16. The number of hydrogen-bond donors (Lipinski definition) is 11. The van der Waals surface area contributed by atoms with Gasteiger partial charge in [0.2, 0.25) is 17.7 Å². The third-order valence-corrected chi connectivity index (χ3v) is 6.10. The first-order chi connectivity index (χ1) is 16.0. The van der Waals surface area contributed by atoms with Gasteiger partial charge >= 0.3 is 5.97 Å². The van der Waals surface area contributed by atoms with E-state index in [9.17, 15) is 61.0 Å². The quantitative estimate of drug-likeness (QED) is 0.145. The maximum Gasteiger partial charge on any atom is 0.378 e. The largest absolute Gasteiger partial charge is 0.505 e. The first-order valence-electron chi connectivity index (χ1n) is 10.2. The van der Waals surface area contributed by atoms with E-state index in [4.69, 9.17) is 18.9 Å². The number of hydrogen-bond acceptors (Lipinski definition) is 16. The highest BCUT2D eigenvalue weighted by Crippen LogP contribution is 2.43. The molecule has 0 aliphatic carbocycles. The van der Waals surface area contributed by atoms with E-state index in [1.165, 1.54) is 0 Å². The molecule has 34 heavy (non-hydrogen) atoms. The van der Waals surface area contributed by atoms with Gasteiger partial charge in [-0.1, -0.05) is 0 Å². The fraction of sp³-hybridized carbons (Fsp3) is 0.833. The normalized spacial score (nSPS) is 46.4. The van der Waals surface area contributed by atoms with Gasteiger partial charge in [-0.3, -0.25) is 0 Å². The molecule has 0 aromatic rings. The number of rotatable bonds is 7. The molecule has 0 aromatic carbocycles. The summed E-state index contributed by atoms with van der Waals surface area (Å²) in [4.78, 5) is 12.6. The smallest absolute Gasteiger partial charge is 0.378 e. The molecule has 12 atom stereocenters. The molecular weight excluding hydrogens is 472 g/mol. The second-order valence-corrected chi connectivity index (χ2v) is 8.12. The zero-order valence-electron chi connectivity index (χ0n) is 17.4. The van der Waals surface area contributed by atoms with Gasteiger partial charge < -0.3 is 75.1 Å². The number of ether oxygens (including phenoxy) is 4. The topological polar surface area (TPSA) is 277 Å². The van der Waals surface area contributed by atoms with Crippen molar-refractivity contribution < 1.29 is 79.9 Å². The third-order valence-electron chi connectivity index (χ3n) is 6.10. The molecule has 2 saturated heterocycles. The molecule has 0 bridgehead atoms. The van der Waals surface area contributed by atoms with Gasteiger partial charge in [0.05, 0.1) is 19.8 Å². The Kier molecular flexibility index (Phi) is 8.03. The maximum absolute atomic E-state index is 12.6. The van der Waals surface area contributed by atoms with Crippen LogP contribution in [-0.4, -0.2) is 155 Å². The summed E-state index contributed by atoms with van der Waals surface area (Å²) in [5.74, 6) is -3.95. The lowest BCUT2D eigenvalue weighted by Crippen LogP contribution is -2.69. The van der Waals surface area contributed by atoms with Crippen LogP contribution in [0.1, 0.15) is 0 Å². The zero-order chi connectivity index (χ0) is 25.5. The van der Waals surface area contributed by atoms with Crippen LogP contribution in [0.3, 0.4) is 0 Å². The number of esters is 1. The summed E-state index contributed by atoms with van der Waals surface area (Å²) < 4.78 is 20.5. The van der Waals surface area contributed by atoms with E-state index in [0.717, 1.165) is 0 Å². The Labute approximate surface area is 191 Å². The second kappa shape index (κ2) is 10.1. The van der Waals surface area contributed by atoms with Crippen molar-refractivity contribution >= 4 is 5.97 Å². The number of carbonyl (C=O) groups is 1. The summed E-state index contributed by atoms with van der Waals surface area (Å²) in [6.07, 6.45) is -20.9. The monoisotopic (exact) mass is 500 g/mol. The number of carbonyl (C=O) groups excluding carboxylic acids is 1. The number of cyclic esters (lactones) is 1. The SMILES string of the molecule is O=C1O[C@](C2O[C@H](CO)[C@@H](O)[C@H](O)[C@H]2O)([C@@H](O)CO)C(O)=C1O[C@H]1O[C@H](CO)[C@@H](O)[C@H](O)[C@H]1O. The predicted octanol–water partition coefficient (Wildman–Crippen LogP) is -6.94. The highest BCUT2D eigenvalue weighted by Gasteiger charge is 2.65. The molecule has 3 aliphatic heterocycles. The van der Waals surface area contributed by atoms with Crippen LogP contribution in [0.15, 0.2) is 11.5 Å². The molecule has 0 radical (unpaired) electrons. The van der Waals surface area contributed by atoms with Crippen molar-refractivity contribution in [2.75, 3.05) is 19.8 Å². The summed E-state index contributed by atoms with van der Waals surface area (Å²) in [5.41, 5.74) is -2.83. The van der Waals surface area contributed by atoms with Crippen LogP contribution in [-0.2, 0) is 23.7 Å². The Morgan fingerprint density at radius 2 is 1.35 bits per heavy atom. The standard InChI is InChI=1S/C18H28O16/c19-1-4-7(23)9(25)11(27)15(31-4)18(6(22)3-21)14(29)13(16(30)34-18)33-17-12(28)10(26)8(24)5(2-20)32-17/h4-12,15,17,19-29H,1-3H2/t4-,5-,6+,7-,8-,9+,10+,11-,12-,15?,17-,18-/m1/s1. The van der Waals surface area contributed by atoms with Crippen molar-refractivity contribution in [1.82, 2.24) is 0 Å². The Hall–Kier alpha value is -1.67. The van der Waals surface area contributed by atoms with Crippen molar-refractivity contribution in [2.45, 2.75) is 72.9 Å². The average molecular weight is 500 g/mol. The molecule has 0 amide bonds. The number of aliphatic hydroxyl groups excluding tert-OH is 11. The summed E-state index contributed by atoms with van der Waals surface area (Å²) in [6, 6.07) is 0. The summed E-state index contributed by atoms with van der Waals surface area (Å²) in [6.45, 7) is -2.93. The van der Waals surface area contributed by atoms with Crippen molar-refractivity contribution in [2.24, 2.45) is 0 Å². The minimum atomic E-state index is -2.83. The molecule has 0 aromatic heterocycles. The molecule has 3 heterocycles. The Morgan fingerprint density at radius 1 is 0.824 bits per heavy atom. The minimum Gasteiger partial charge on any atom is -0.505 e. The Morgan fingerprint density at radius 3 is 1.88 bits per heavy atom. The average Bonchev–Trinajstić information content (AvgIpc) is 3.07. The van der Waals surface area contributed by atoms with E-state index < -0.39 is 110 Å². The van der Waals surface area contributed by atoms with E-state index in [2.05, 4.69) is 0 Å². The molecule has 16 heteroatoms. The molecule has 2 fully saturated rings. The van der Waals surface area contributed by atoms with Gasteiger partial charge in [0, 0.05) is 0 Å². The van der Waals surface area contributed by atoms with Crippen LogP contribution >= 0.6 is 0 Å². The van der Waals surface area contributed by atoms with E-state index >= 15 is 0 Å². The number of aliphatic hydroxyl groups is 11. The fourth-order valence-corrected chi connectivity index (χ4v) is 4.11. The second-order valence-electron chi connectivity index (χ2n) is 8.12. The van der Waals surface area contributed by atoms with Crippen LogP contribution in [0, 0.1) is 0 Å². The lowest BCUT2D eigenvalue weighted by Gasteiger charge is -2.47. The van der Waals surface area contributed by atoms with E-state index in [0.29, 0.717) is 0 Å². The maximum atomic E-state index is 12.6. The van der Waals surface area contributed by atoms with Gasteiger partial charge in [-0.2, -0.15) is 0 Å². The van der Waals surface area contributed by atoms with Crippen LogP contribution in [0.4, 0.5) is 0 Å². The van der Waals surface area contributed by atoms with Gasteiger partial charge in [-0.25, -0.2) is 4.79 Å². The van der Waals surface area contributed by atoms with Crippen molar-refractivity contribution in [1.29, 1.82) is 0 Å². The molecule has 16 nitrogen and oxygen atoms in total. The van der Waals surface area contributed by atoms with Crippen LogP contribution in [0.25, 0.3) is 0 Å². The molecule has 3 rings (SSSR count). The van der Waals surface area contributed by atoms with Crippen molar-refractivity contribution in [3.05, 3.63) is 11.5 Å². The van der Waals surface area contributed by atoms with Crippen LogP contribution in [0.2, 0.25) is 0 Å². The van der Waals surface area contributed by atoms with Crippen LogP contribution < -0.4 is 0 Å². The molecule has 196 valence electrons. The Balaban J connectivity index is 2.00. The van der Waals surface area contributed by atoms with Gasteiger partial charge in [-0.15, -0.1) is 0 Å². The van der Waals surface area contributed by atoms with Crippen molar-refractivity contribution in [3.63, 3.8) is 0 Å². The van der Waals surface area contributed by atoms with Gasteiger partial charge in [0.15, 0.2) is 5.76 Å². The predicted molar refractivity (Wildman–Crippen MR) is 100 cm³/mol. The minimum absolute atomic E-state index is 0.835. The van der Waals surface area contributed by atoms with Gasteiger partial charge in [0.1, 0.15) is 61.0 Å². The lowest BCUT2D eigenvalue weighted by molar-refractivity contribution is -0.291. The highest BCUT2D eigenvalue weighted by atomic mass is 16.7. The summed E-state index contributed by atoms with van der Waals surface area (Å²) in [7, 11) is 0. The lowest BCUT2D eigenvalue weighted by atomic mass is 9.80. The first-order valence-corrected chi connectivity index (χ1v) is 10.2. The molecule has 3 aliphatic rings. The summed E-state index contributed by atoms with van der Waals surface area (Å²) in [5, 5.41) is 110. The first kappa shape index (κ1) is 26.9. The zero-order valence-corrected chi connectivity index (χ0v) is 17.4. The fourth-order valence-electron chi connectivity index (χ4n) is 4.11. The molecule has 11 N–H and O–H groups in total. The van der Waals surface area contributed by atoms with Gasteiger partial charge in [-0.05, 0) is 0 Å². The van der Waals surface area contributed by atoms with E-state index in [-0.39, 0.29) is 0 Å².